The molecule has 2 aromatic rings. The van der Waals surface area contributed by atoms with Gasteiger partial charge in [0.2, 0.25) is 0 Å². The quantitative estimate of drug-likeness (QED) is 0.815. The summed E-state index contributed by atoms with van der Waals surface area (Å²) in [5.41, 5.74) is 9.00. The van der Waals surface area contributed by atoms with E-state index < -0.39 is 0 Å². The standard InChI is InChI=1S/C20H20Cl2N4/c1-3-15-8-14(6-7-23-15)17-10-24-26-13(2)11-25(12-20(17)26)16-4-5-18(21)19(22)9-16/h4-10,12-13,24H,3,11H2,1-2H3/t13-/m0/s1. The molecule has 0 radical (unpaired) electrons. The number of benzene rings is 1. The summed E-state index contributed by atoms with van der Waals surface area (Å²) < 4.78 is 0. The Labute approximate surface area is 163 Å². The topological polar surface area (TPSA) is 31.4 Å². The molecular weight excluding hydrogens is 367 g/mol. The number of hydrogen-bond donors (Lipinski definition) is 1. The summed E-state index contributed by atoms with van der Waals surface area (Å²) in [5, 5.41) is 3.34. The fourth-order valence-corrected chi connectivity index (χ4v) is 3.68. The molecule has 0 amide bonds. The van der Waals surface area contributed by atoms with Gasteiger partial charge in [-0.1, -0.05) is 30.1 Å². The summed E-state index contributed by atoms with van der Waals surface area (Å²) in [7, 11) is 0. The van der Waals surface area contributed by atoms with Gasteiger partial charge >= 0.3 is 0 Å². The van der Waals surface area contributed by atoms with Crippen molar-refractivity contribution in [2.45, 2.75) is 26.3 Å². The van der Waals surface area contributed by atoms with Crippen LogP contribution in [0.5, 0.6) is 0 Å². The summed E-state index contributed by atoms with van der Waals surface area (Å²) in [6.07, 6.45) is 7.03. The Bertz CT molecular complexity index is 906. The zero-order chi connectivity index (χ0) is 18.3. The monoisotopic (exact) mass is 386 g/mol. The third-order valence-electron chi connectivity index (χ3n) is 4.79. The minimum Gasteiger partial charge on any atom is -0.344 e. The maximum absolute atomic E-state index is 6.22. The van der Waals surface area contributed by atoms with E-state index in [2.05, 4.69) is 58.7 Å². The molecule has 26 heavy (non-hydrogen) atoms. The lowest BCUT2D eigenvalue weighted by Gasteiger charge is -2.38. The van der Waals surface area contributed by atoms with Crippen molar-refractivity contribution < 1.29 is 0 Å². The predicted molar refractivity (Wildman–Crippen MR) is 108 cm³/mol. The summed E-state index contributed by atoms with van der Waals surface area (Å²) in [6, 6.07) is 10.3. The van der Waals surface area contributed by atoms with E-state index in [9.17, 15) is 0 Å². The lowest BCUT2D eigenvalue weighted by molar-refractivity contribution is 0.232. The second-order valence-corrected chi connectivity index (χ2v) is 7.38. The van der Waals surface area contributed by atoms with Crippen molar-refractivity contribution in [1.82, 2.24) is 15.4 Å². The van der Waals surface area contributed by atoms with Crippen molar-refractivity contribution in [2.24, 2.45) is 0 Å². The molecule has 2 aliphatic heterocycles. The van der Waals surface area contributed by atoms with Gasteiger partial charge in [-0.15, -0.1) is 0 Å². The molecule has 0 saturated carbocycles. The van der Waals surface area contributed by atoms with Gasteiger partial charge in [-0.05, 0) is 49.2 Å². The Balaban J connectivity index is 1.72. The van der Waals surface area contributed by atoms with Crippen LogP contribution in [0.4, 0.5) is 5.69 Å². The lowest BCUT2D eigenvalue weighted by atomic mass is 10.0. The normalized spacial score (nSPS) is 19.0. The maximum Gasteiger partial charge on any atom is 0.0831 e. The van der Waals surface area contributed by atoms with Gasteiger partial charge in [0.1, 0.15) is 0 Å². The number of hydrazine groups is 1. The van der Waals surface area contributed by atoms with Gasteiger partial charge < -0.3 is 10.3 Å². The molecule has 0 aliphatic carbocycles. The van der Waals surface area contributed by atoms with Gasteiger partial charge in [0.25, 0.3) is 0 Å². The highest BCUT2D eigenvalue weighted by Crippen LogP contribution is 2.36. The van der Waals surface area contributed by atoms with E-state index in [1.807, 2.05) is 24.4 Å². The number of fused-ring (bicyclic) bond motifs is 1. The molecule has 0 saturated heterocycles. The number of halogens is 2. The Kier molecular flexibility index (Phi) is 4.55. The van der Waals surface area contributed by atoms with E-state index in [0.29, 0.717) is 16.1 Å². The van der Waals surface area contributed by atoms with Crippen LogP contribution in [0, 0.1) is 0 Å². The van der Waals surface area contributed by atoms with Crippen molar-refractivity contribution in [3.63, 3.8) is 0 Å². The number of nitrogens with zero attached hydrogens (tertiary/aromatic N) is 3. The van der Waals surface area contributed by atoms with Crippen molar-refractivity contribution in [3.05, 3.63) is 75.9 Å². The van der Waals surface area contributed by atoms with Gasteiger partial charge in [-0.3, -0.25) is 9.99 Å². The average molecular weight is 387 g/mol. The van der Waals surface area contributed by atoms with E-state index in [0.717, 1.165) is 30.0 Å². The minimum atomic E-state index is 0.297. The van der Waals surface area contributed by atoms with Gasteiger partial charge in [-0.25, -0.2) is 0 Å². The van der Waals surface area contributed by atoms with Crippen LogP contribution in [0.1, 0.15) is 25.1 Å². The number of rotatable bonds is 3. The first-order valence-electron chi connectivity index (χ1n) is 8.71. The van der Waals surface area contributed by atoms with Crippen LogP contribution in [0.25, 0.3) is 5.57 Å². The highest BCUT2D eigenvalue weighted by molar-refractivity contribution is 6.42. The van der Waals surface area contributed by atoms with Crippen LogP contribution >= 0.6 is 23.2 Å². The molecule has 1 N–H and O–H groups in total. The molecule has 0 fully saturated rings. The van der Waals surface area contributed by atoms with Crippen molar-refractivity contribution in [3.8, 4) is 0 Å². The van der Waals surface area contributed by atoms with E-state index >= 15 is 0 Å². The van der Waals surface area contributed by atoms with Gasteiger partial charge in [0.15, 0.2) is 0 Å². The van der Waals surface area contributed by atoms with Crippen LogP contribution in [0.3, 0.4) is 0 Å². The van der Waals surface area contributed by atoms with Crippen molar-refractivity contribution >= 4 is 34.5 Å². The first-order chi connectivity index (χ1) is 12.6. The molecule has 4 rings (SSSR count). The Morgan fingerprint density at radius 2 is 2.04 bits per heavy atom. The third kappa shape index (κ3) is 3.04. The number of hydrogen-bond acceptors (Lipinski definition) is 4. The van der Waals surface area contributed by atoms with Gasteiger partial charge in [0, 0.05) is 42.1 Å². The third-order valence-corrected chi connectivity index (χ3v) is 5.53. The average Bonchev–Trinajstić information content (AvgIpc) is 3.08. The molecule has 1 aromatic carbocycles. The van der Waals surface area contributed by atoms with Crippen LogP contribution < -0.4 is 10.3 Å². The molecule has 4 nitrogen and oxygen atoms in total. The zero-order valence-corrected chi connectivity index (χ0v) is 16.2. The molecule has 3 heterocycles. The van der Waals surface area contributed by atoms with E-state index in [1.165, 1.54) is 11.1 Å². The zero-order valence-electron chi connectivity index (χ0n) is 14.7. The van der Waals surface area contributed by atoms with E-state index in [4.69, 9.17) is 23.2 Å². The number of aryl methyl sites for hydroxylation is 1. The molecule has 0 bridgehead atoms. The molecule has 1 aromatic heterocycles. The summed E-state index contributed by atoms with van der Waals surface area (Å²) in [4.78, 5) is 6.63. The number of nitrogens with one attached hydrogen (secondary N) is 1. The second kappa shape index (κ2) is 6.86. The fraction of sp³-hybridized carbons (Fsp3) is 0.250. The Morgan fingerprint density at radius 3 is 2.81 bits per heavy atom. The predicted octanol–water partition coefficient (Wildman–Crippen LogP) is 4.86. The fourth-order valence-electron chi connectivity index (χ4n) is 3.38. The van der Waals surface area contributed by atoms with Gasteiger partial charge in [-0.2, -0.15) is 0 Å². The molecule has 6 heteroatoms. The molecule has 2 aliphatic rings. The number of allylic oxidation sites excluding steroid dienone is 1. The molecular formula is C20H20Cl2N4. The van der Waals surface area contributed by atoms with Crippen LogP contribution in [-0.4, -0.2) is 22.6 Å². The van der Waals surface area contributed by atoms with Crippen molar-refractivity contribution in [1.29, 1.82) is 0 Å². The number of pyridine rings is 1. The SMILES string of the molecule is CCc1cc(C2=CNN3C2=CN(c2ccc(Cl)c(Cl)c2)C[C@@H]3C)ccn1. The Morgan fingerprint density at radius 1 is 1.19 bits per heavy atom. The van der Waals surface area contributed by atoms with Crippen molar-refractivity contribution in [2.75, 3.05) is 11.4 Å². The smallest absolute Gasteiger partial charge is 0.0831 e. The van der Waals surface area contributed by atoms with E-state index in [-0.39, 0.29) is 0 Å². The Hall–Kier alpha value is -2.17. The number of anilines is 1. The first-order valence-corrected chi connectivity index (χ1v) is 9.47. The van der Waals surface area contributed by atoms with Crippen LogP contribution in [-0.2, 0) is 6.42 Å². The summed E-state index contributed by atoms with van der Waals surface area (Å²) in [5.74, 6) is 0. The van der Waals surface area contributed by atoms with E-state index in [1.54, 1.807) is 0 Å². The highest BCUT2D eigenvalue weighted by Gasteiger charge is 2.31. The van der Waals surface area contributed by atoms with Crippen LogP contribution in [0.15, 0.2) is 54.6 Å². The maximum atomic E-state index is 6.22. The highest BCUT2D eigenvalue weighted by atomic mass is 35.5. The molecule has 134 valence electrons. The lowest BCUT2D eigenvalue weighted by Crippen LogP contribution is -2.47. The molecule has 0 spiro atoms. The second-order valence-electron chi connectivity index (χ2n) is 6.56. The summed E-state index contributed by atoms with van der Waals surface area (Å²) >= 11 is 12.3. The molecule has 0 unspecified atom stereocenters. The van der Waals surface area contributed by atoms with Crippen LogP contribution in [0.2, 0.25) is 10.0 Å². The first kappa shape index (κ1) is 17.3. The molecule has 1 atom stereocenters. The minimum absolute atomic E-state index is 0.297. The largest absolute Gasteiger partial charge is 0.344 e. The summed E-state index contributed by atoms with van der Waals surface area (Å²) in [6.45, 7) is 5.17. The van der Waals surface area contributed by atoms with Gasteiger partial charge in [0.05, 0.1) is 21.8 Å². The number of aromatic nitrogens is 1.